The van der Waals surface area contributed by atoms with Crippen molar-refractivity contribution in [3.8, 4) is 17.5 Å². The van der Waals surface area contributed by atoms with Gasteiger partial charge in [-0.2, -0.15) is 5.26 Å². The number of aromatic nitrogens is 3. The minimum absolute atomic E-state index is 0.0875. The van der Waals surface area contributed by atoms with Crippen LogP contribution in [0.25, 0.3) is 28.1 Å². The molecule has 2 aliphatic carbocycles. The van der Waals surface area contributed by atoms with Gasteiger partial charge in [-0.05, 0) is 50.1 Å². The zero-order chi connectivity index (χ0) is 21.1. The van der Waals surface area contributed by atoms with E-state index in [2.05, 4.69) is 20.8 Å². The predicted octanol–water partition coefficient (Wildman–Crippen LogP) is 3.86. The lowest BCUT2D eigenvalue weighted by Crippen LogP contribution is -2.34. The summed E-state index contributed by atoms with van der Waals surface area (Å²) in [6.45, 7) is 1.88. The van der Waals surface area contributed by atoms with Gasteiger partial charge in [0.25, 0.3) is 0 Å². The number of nitriles is 1. The zero-order valence-electron chi connectivity index (χ0n) is 15.9. The molecule has 3 aromatic heterocycles. The summed E-state index contributed by atoms with van der Waals surface area (Å²) in [4.78, 5) is 8.89. The van der Waals surface area contributed by atoms with Crippen LogP contribution in [0.3, 0.4) is 0 Å². The number of pyridine rings is 2. The molecule has 0 bridgehead atoms. The van der Waals surface area contributed by atoms with Gasteiger partial charge in [-0.15, -0.1) is 0 Å². The summed E-state index contributed by atoms with van der Waals surface area (Å²) in [7, 11) is -3.66. The van der Waals surface area contributed by atoms with Gasteiger partial charge in [-0.1, -0.05) is 17.7 Å². The molecular weight excluding hydrogens is 422 g/mol. The largest absolute Gasteiger partial charge is 0.291 e. The number of nitrogens with one attached hydrogen (secondary N) is 1. The molecule has 0 aliphatic heterocycles. The minimum Gasteiger partial charge on any atom is -0.291 e. The molecular formula is C21H16ClN5O2S. The van der Waals surface area contributed by atoms with Crippen LogP contribution < -0.4 is 4.72 Å². The van der Waals surface area contributed by atoms with Crippen molar-refractivity contribution in [2.75, 3.05) is 0 Å². The fourth-order valence-corrected chi connectivity index (χ4v) is 5.00. The average Bonchev–Trinajstić information content (AvgIpc) is 3.30. The topological polar surface area (TPSA) is 101 Å². The first-order valence-electron chi connectivity index (χ1n) is 9.31. The van der Waals surface area contributed by atoms with Gasteiger partial charge in [-0.3, -0.25) is 9.55 Å². The Bertz CT molecular complexity index is 1410. The molecule has 2 aliphatic rings. The van der Waals surface area contributed by atoms with E-state index in [0.29, 0.717) is 33.0 Å². The smallest absolute Gasteiger partial charge is 0.242 e. The molecule has 5 rings (SSSR count). The molecule has 1 fully saturated rings. The summed E-state index contributed by atoms with van der Waals surface area (Å²) < 4.78 is 29.8. The lowest BCUT2D eigenvalue weighted by atomic mass is 10.1. The fourth-order valence-electron chi connectivity index (χ4n) is 3.43. The van der Waals surface area contributed by atoms with Gasteiger partial charge in [0.2, 0.25) is 10.0 Å². The summed E-state index contributed by atoms with van der Waals surface area (Å²) in [6.07, 6.45) is 10.2. The van der Waals surface area contributed by atoms with Crippen LogP contribution in [0.15, 0.2) is 53.7 Å². The van der Waals surface area contributed by atoms with Gasteiger partial charge < -0.3 is 0 Å². The number of hydrogen-bond acceptors (Lipinski definition) is 5. The molecule has 0 aromatic carbocycles. The monoisotopic (exact) mass is 437 g/mol. The Kier molecular flexibility index (Phi) is 4.12. The molecule has 7 nitrogen and oxygen atoms in total. The second-order valence-electron chi connectivity index (χ2n) is 7.69. The number of rotatable bonds is 5. The summed E-state index contributed by atoms with van der Waals surface area (Å²) >= 11 is 6.11. The normalized spacial score (nSPS) is 16.8. The number of hydrogen-bond donors (Lipinski definition) is 1. The van der Waals surface area contributed by atoms with Crippen molar-refractivity contribution in [2.45, 2.75) is 30.2 Å². The van der Waals surface area contributed by atoms with E-state index in [1.807, 2.05) is 29.7 Å². The molecule has 1 saturated carbocycles. The first-order chi connectivity index (χ1) is 14.3. The Morgan fingerprint density at radius 1 is 1.27 bits per heavy atom. The van der Waals surface area contributed by atoms with Crippen molar-refractivity contribution in [3.05, 3.63) is 59.4 Å². The number of allylic oxidation sites excluding steroid dienone is 4. The van der Waals surface area contributed by atoms with Crippen molar-refractivity contribution in [3.63, 3.8) is 0 Å². The number of halogens is 1. The Hall–Kier alpha value is -2.99. The highest BCUT2D eigenvalue weighted by Gasteiger charge is 2.41. The molecule has 3 aromatic rings. The molecule has 0 saturated heterocycles. The van der Waals surface area contributed by atoms with E-state index in [-0.39, 0.29) is 10.4 Å². The van der Waals surface area contributed by atoms with E-state index in [9.17, 15) is 13.7 Å². The Balaban J connectivity index is 1.65. The lowest BCUT2D eigenvalue weighted by molar-refractivity contribution is 0.557. The van der Waals surface area contributed by atoms with Crippen LogP contribution in [-0.2, 0) is 10.0 Å². The van der Waals surface area contributed by atoms with Crippen LogP contribution in [0.2, 0.25) is 5.02 Å². The van der Waals surface area contributed by atoms with Crippen LogP contribution in [0.5, 0.6) is 0 Å². The van der Waals surface area contributed by atoms with Crippen LogP contribution in [0, 0.1) is 11.3 Å². The number of fused-ring (bicyclic) bond motifs is 1. The number of nitrogens with zero attached hydrogens (tertiary/aromatic N) is 4. The molecule has 150 valence electrons. The quantitative estimate of drug-likeness (QED) is 0.653. The van der Waals surface area contributed by atoms with Crippen molar-refractivity contribution in [2.24, 2.45) is 0 Å². The fraction of sp³-hybridized carbons (Fsp3) is 0.190. The molecule has 0 amide bonds. The van der Waals surface area contributed by atoms with Gasteiger partial charge in [0.05, 0.1) is 22.0 Å². The van der Waals surface area contributed by atoms with Gasteiger partial charge in [-0.25, -0.2) is 18.1 Å². The van der Waals surface area contributed by atoms with E-state index >= 15 is 0 Å². The van der Waals surface area contributed by atoms with Crippen molar-refractivity contribution in [1.29, 1.82) is 5.26 Å². The molecule has 30 heavy (non-hydrogen) atoms. The third-order valence-corrected chi connectivity index (χ3v) is 7.18. The van der Waals surface area contributed by atoms with E-state index < -0.39 is 10.0 Å². The van der Waals surface area contributed by atoms with E-state index in [1.54, 1.807) is 12.1 Å². The third-order valence-electron chi connectivity index (χ3n) is 5.35. The maximum atomic E-state index is 12.6. The Labute approximate surface area is 178 Å². The second-order valence-corrected chi connectivity index (χ2v) is 9.81. The van der Waals surface area contributed by atoms with Crippen LogP contribution >= 0.6 is 11.6 Å². The number of sulfonamides is 1. The SMILES string of the molecule is CC1(NS(=O)(=O)c2ccc(-c3c(C#N)c4cc(Cl)cnc4n3C3=CC=C3)nc2)CC1. The van der Waals surface area contributed by atoms with E-state index in [0.717, 1.165) is 18.5 Å². The maximum Gasteiger partial charge on any atom is 0.242 e. The van der Waals surface area contributed by atoms with Crippen LogP contribution in [0.1, 0.15) is 25.3 Å². The molecule has 9 heteroatoms. The highest BCUT2D eigenvalue weighted by Crippen LogP contribution is 2.38. The second kappa shape index (κ2) is 6.51. The zero-order valence-corrected chi connectivity index (χ0v) is 17.5. The summed E-state index contributed by atoms with van der Waals surface area (Å²) in [5.74, 6) is 0. The molecule has 0 radical (unpaired) electrons. The van der Waals surface area contributed by atoms with Gasteiger partial charge in [0.15, 0.2) is 0 Å². The molecule has 0 atom stereocenters. The summed E-state index contributed by atoms with van der Waals surface area (Å²) in [6, 6.07) is 7.05. The highest BCUT2D eigenvalue weighted by atomic mass is 35.5. The summed E-state index contributed by atoms with van der Waals surface area (Å²) in [5, 5.41) is 10.9. The Morgan fingerprint density at radius 3 is 2.60 bits per heavy atom. The predicted molar refractivity (Wildman–Crippen MR) is 114 cm³/mol. The van der Waals surface area contributed by atoms with Gasteiger partial charge in [0, 0.05) is 29.0 Å². The first-order valence-corrected chi connectivity index (χ1v) is 11.2. The van der Waals surface area contributed by atoms with Crippen LogP contribution in [0.4, 0.5) is 0 Å². The van der Waals surface area contributed by atoms with E-state index in [4.69, 9.17) is 11.6 Å². The molecule has 1 N–H and O–H groups in total. The summed E-state index contributed by atoms with van der Waals surface area (Å²) in [5.41, 5.74) is 2.47. The molecule has 0 spiro atoms. The first kappa shape index (κ1) is 19.0. The molecule has 3 heterocycles. The average molecular weight is 438 g/mol. The van der Waals surface area contributed by atoms with Gasteiger partial charge in [0.1, 0.15) is 16.6 Å². The third kappa shape index (κ3) is 3.03. The lowest BCUT2D eigenvalue weighted by Gasteiger charge is -2.15. The van der Waals surface area contributed by atoms with Crippen molar-refractivity contribution in [1.82, 2.24) is 19.3 Å². The van der Waals surface area contributed by atoms with Gasteiger partial charge >= 0.3 is 0 Å². The minimum atomic E-state index is -3.66. The standard InChI is InChI=1S/C21H16ClN5O2S/c1-21(7-8-21)26-30(28,29)15-5-6-18(24-12-15)19-17(10-23)16-9-13(22)11-25-20(16)27(19)14-3-2-4-14/h2-6,9,11-12,26H,7-8H2,1H3. The van der Waals surface area contributed by atoms with Crippen LogP contribution in [-0.4, -0.2) is 28.5 Å². The molecule has 0 unspecified atom stereocenters. The van der Waals surface area contributed by atoms with E-state index in [1.165, 1.54) is 18.5 Å². The Morgan fingerprint density at radius 2 is 2.03 bits per heavy atom. The maximum absolute atomic E-state index is 12.6. The highest BCUT2D eigenvalue weighted by molar-refractivity contribution is 7.89. The van der Waals surface area contributed by atoms with Crippen molar-refractivity contribution < 1.29 is 8.42 Å². The van der Waals surface area contributed by atoms with Crippen molar-refractivity contribution >= 4 is 38.4 Å².